The van der Waals surface area contributed by atoms with Crippen molar-refractivity contribution < 1.29 is 88.2 Å². The van der Waals surface area contributed by atoms with E-state index in [2.05, 4.69) is 0 Å². The molecule has 0 bridgehead atoms. The molecule has 0 aliphatic carbocycles. The molecule has 1 unspecified atom stereocenters. The normalized spacial score (nSPS) is 11.7. The number of rotatable bonds is 12. The van der Waals surface area contributed by atoms with Crippen molar-refractivity contribution in [2.24, 2.45) is 0 Å². The van der Waals surface area contributed by atoms with E-state index in [1.165, 1.54) is 0 Å². The van der Waals surface area contributed by atoms with Crippen LogP contribution in [0.3, 0.4) is 0 Å². The molecule has 1 atom stereocenters. The molecule has 0 fully saturated rings. The molecule has 8 aromatic rings. The Hall–Kier alpha value is -4.75. The van der Waals surface area contributed by atoms with Crippen molar-refractivity contribution in [1.82, 2.24) is 0 Å². The van der Waals surface area contributed by atoms with E-state index in [-0.39, 0.29) is 65.9 Å². The van der Waals surface area contributed by atoms with Crippen LogP contribution in [-0.4, -0.2) is 53.6 Å². The van der Waals surface area contributed by atoms with Crippen molar-refractivity contribution in [2.45, 2.75) is 81.3 Å². The molecule has 0 saturated carbocycles. The zero-order valence-corrected chi connectivity index (χ0v) is 46.5. The Kier molecular flexibility index (Phi) is 25.5. The summed E-state index contributed by atoms with van der Waals surface area (Å²) in [6.07, 6.45) is -0.137. The van der Waals surface area contributed by atoms with E-state index in [0.717, 1.165) is 0 Å². The summed E-state index contributed by atoms with van der Waals surface area (Å²) in [7, 11) is 0. The maximum absolute atomic E-state index is 12.3. The first-order valence-electron chi connectivity index (χ1n) is 22.9. The molecule has 0 aliphatic rings. The van der Waals surface area contributed by atoms with E-state index < -0.39 is 34.1 Å². The fraction of sp³-hybridized carbons (Fsp3) is 0.210. The smallest absolute Gasteiger partial charge is 0.152 e. The van der Waals surface area contributed by atoms with Crippen LogP contribution in [0.4, 0.5) is 0 Å². The second kappa shape index (κ2) is 29.1. The van der Waals surface area contributed by atoms with E-state index in [1.54, 1.807) is 34.6 Å². The molecule has 0 aromatic heterocycles. The maximum Gasteiger partial charge on any atom is 0.152 e. The first kappa shape index (κ1) is 62.4. The topological polar surface area (TPSA) is 142 Å². The van der Waals surface area contributed by atoms with E-state index in [1.807, 2.05) is 243 Å². The molecule has 71 heavy (non-hydrogen) atoms. The summed E-state index contributed by atoms with van der Waals surface area (Å²) in [6.45, 7) is 8.47. The predicted octanol–water partition coefficient (Wildman–Crippen LogP) is 11.1. The molecule has 7 nitrogen and oxygen atoms in total. The molecule has 0 radical (unpaired) electrons. The average Bonchev–Trinajstić information content (AvgIpc) is 3.37. The number of aliphatic hydroxyl groups excluding tert-OH is 2. The van der Waals surface area contributed by atoms with Gasteiger partial charge in [-0.15, -0.1) is 0 Å². The second-order valence-electron chi connectivity index (χ2n) is 17.7. The Labute approximate surface area is 460 Å². The second-order valence-corrected chi connectivity index (χ2v) is 17.7. The van der Waals surface area contributed by atoms with E-state index in [0.29, 0.717) is 50.9 Å². The van der Waals surface area contributed by atoms with Gasteiger partial charge in [0.1, 0.15) is 0 Å². The van der Waals surface area contributed by atoms with Crippen LogP contribution in [0.25, 0.3) is 0 Å². The monoisotopic (exact) mass is 1110 g/mol. The Morgan fingerprint density at radius 3 is 0.479 bits per heavy atom. The van der Waals surface area contributed by atoms with Gasteiger partial charge in [0.25, 0.3) is 0 Å². The summed E-state index contributed by atoms with van der Waals surface area (Å²) in [6, 6.07) is 74.8. The van der Waals surface area contributed by atoms with Crippen molar-refractivity contribution in [3.8, 4) is 0 Å². The van der Waals surface area contributed by atoms with E-state index in [9.17, 15) is 20.4 Å². The van der Waals surface area contributed by atoms with Gasteiger partial charge in [0.2, 0.25) is 0 Å². The average molecular weight is 1110 g/mol. The largest absolute Gasteiger partial charge is 0.394 e. The van der Waals surface area contributed by atoms with Crippen LogP contribution in [0.1, 0.15) is 85.5 Å². The van der Waals surface area contributed by atoms with Crippen molar-refractivity contribution >= 4 is 0 Å². The molecule has 0 spiro atoms. The quantitative estimate of drug-likeness (QED) is 0.0604. The molecule has 8 rings (SSSR count). The van der Waals surface area contributed by atoms with Gasteiger partial charge in [0, 0.05) is 64.9 Å². The zero-order chi connectivity index (χ0) is 49.3. The van der Waals surface area contributed by atoms with Gasteiger partial charge >= 0.3 is 0 Å². The predicted molar refractivity (Wildman–Crippen MR) is 280 cm³/mol. The van der Waals surface area contributed by atoms with Crippen LogP contribution in [0.15, 0.2) is 243 Å². The van der Waals surface area contributed by atoms with Crippen LogP contribution >= 0.6 is 0 Å². The Balaban J connectivity index is 0.000000383. The Bertz CT molecular complexity index is 2110. The third-order valence-electron chi connectivity index (χ3n) is 11.4. The fourth-order valence-electron chi connectivity index (χ4n) is 8.50. The van der Waals surface area contributed by atoms with Crippen LogP contribution < -0.4 is 0 Å². The summed E-state index contributed by atoms with van der Waals surface area (Å²) in [5, 5.41) is 75.1. The molecule has 8 aromatic carbocycles. The first-order chi connectivity index (χ1) is 32.5. The Morgan fingerprint density at radius 1 is 0.296 bits per heavy atom. The van der Waals surface area contributed by atoms with Gasteiger partial charge in [-0.2, -0.15) is 0 Å². The SMILES string of the molecule is CC(C)O.CC(O)CC(C)(C)O.OC(c1ccccc1)(c1ccccc1)C(O)(c1ccccc1)c1ccccc1.OC(c1ccccc1)(c1ccccc1)C(O)(c1ccccc1)c1ccccc1.[CH3-].[Zr].[Zr]. The van der Waals surface area contributed by atoms with Crippen LogP contribution in [0.2, 0.25) is 0 Å². The summed E-state index contributed by atoms with van der Waals surface area (Å²) in [4.78, 5) is 0. The van der Waals surface area contributed by atoms with Gasteiger partial charge in [-0.1, -0.05) is 243 Å². The number of hydrogen-bond acceptors (Lipinski definition) is 7. The molecular weight excluding hydrogens is 1040 g/mol. The molecule has 368 valence electrons. The van der Waals surface area contributed by atoms with Gasteiger partial charge in [0.05, 0.1) is 11.7 Å². The zero-order valence-electron chi connectivity index (χ0n) is 41.6. The van der Waals surface area contributed by atoms with Crippen LogP contribution in [0, 0.1) is 7.43 Å². The van der Waals surface area contributed by atoms with Crippen molar-refractivity contribution in [1.29, 1.82) is 0 Å². The minimum absolute atomic E-state index is 0. The minimum Gasteiger partial charge on any atom is -0.394 e. The third-order valence-corrected chi connectivity index (χ3v) is 11.4. The molecule has 9 heteroatoms. The van der Waals surface area contributed by atoms with E-state index >= 15 is 0 Å². The van der Waals surface area contributed by atoms with Gasteiger partial charge in [-0.3, -0.25) is 0 Å². The molecule has 0 amide bonds. The third kappa shape index (κ3) is 15.4. The van der Waals surface area contributed by atoms with Crippen molar-refractivity contribution in [3.63, 3.8) is 0 Å². The van der Waals surface area contributed by atoms with Gasteiger partial charge in [-0.25, -0.2) is 0 Å². The summed E-state index contributed by atoms with van der Waals surface area (Å²) < 4.78 is 0. The van der Waals surface area contributed by atoms with Crippen LogP contribution in [0.5, 0.6) is 0 Å². The van der Waals surface area contributed by atoms with Gasteiger partial charge in [-0.05, 0) is 79.1 Å². The fourth-order valence-corrected chi connectivity index (χ4v) is 8.50. The maximum atomic E-state index is 12.3. The standard InChI is InChI=1S/2C26H22O2.C6H14O2.C3H8O.CH3.2Zr/c2*27-25(21-13-5-1-6-14-21,22-15-7-2-8-16-22)26(28,23-17-9-3-10-18-23)24-19-11-4-12-20-24;1-5(7)4-6(2,3)8;1-3(2)4;;;/h2*1-20,27-28H;5,7-8H,4H2,1-3H3;3-4H,1-2H3;1H3;;/q;;;;-1;;. The van der Waals surface area contributed by atoms with Crippen molar-refractivity contribution in [3.05, 3.63) is 295 Å². The molecular formula is C62H69O7Zr2-. The number of benzene rings is 8. The minimum atomic E-state index is -1.70. The summed E-state index contributed by atoms with van der Waals surface area (Å²) in [5.41, 5.74) is -2.54. The summed E-state index contributed by atoms with van der Waals surface area (Å²) in [5.74, 6) is 0. The van der Waals surface area contributed by atoms with Gasteiger partial charge in [0.15, 0.2) is 22.4 Å². The number of hydrogen-bond donors (Lipinski definition) is 7. The molecule has 7 N–H and O–H groups in total. The Morgan fingerprint density at radius 2 is 0.408 bits per heavy atom. The number of aliphatic hydroxyl groups is 7. The molecule has 0 saturated heterocycles. The van der Waals surface area contributed by atoms with E-state index in [4.69, 9.17) is 15.3 Å². The molecule has 0 heterocycles. The molecule has 0 aliphatic heterocycles. The first-order valence-corrected chi connectivity index (χ1v) is 22.9. The van der Waals surface area contributed by atoms with Gasteiger partial charge < -0.3 is 43.2 Å². The van der Waals surface area contributed by atoms with Crippen LogP contribution in [-0.2, 0) is 74.8 Å². The van der Waals surface area contributed by atoms with Crippen molar-refractivity contribution in [2.75, 3.05) is 0 Å². The summed E-state index contributed by atoms with van der Waals surface area (Å²) >= 11 is 0.